The van der Waals surface area contributed by atoms with E-state index in [2.05, 4.69) is 10.3 Å². The van der Waals surface area contributed by atoms with Crippen molar-refractivity contribution >= 4 is 23.2 Å². The Balaban J connectivity index is 1.52. The van der Waals surface area contributed by atoms with Crippen LogP contribution in [0.5, 0.6) is 5.75 Å². The molecule has 2 aromatic rings. The first-order valence-corrected chi connectivity index (χ1v) is 13.5. The summed E-state index contributed by atoms with van der Waals surface area (Å²) >= 11 is 0. The number of phenols is 1. The number of nitrogens with two attached hydrogens (primary N) is 1. The van der Waals surface area contributed by atoms with Gasteiger partial charge in [0, 0.05) is 24.6 Å². The molecule has 1 amide bonds. The zero-order valence-electron chi connectivity index (χ0n) is 22.6. The van der Waals surface area contributed by atoms with Gasteiger partial charge in [0.05, 0.1) is 42.4 Å². The molecule has 13 nitrogen and oxygen atoms in total. The molecule has 6 N–H and O–H groups in total. The fraction of sp³-hybridized carbons (Fsp3) is 0.464. The minimum atomic E-state index is -2.69. The summed E-state index contributed by atoms with van der Waals surface area (Å²) in [7, 11) is 0. The number of Topliss-reactive ketones (excluding diaryl/α,β-unsaturated/α-hetero) is 2. The molecule has 0 bridgehead atoms. The SMILES string of the molecule is CC(C)c1cn(-c2ccc(O)c3c2CC2CC4C(N5CCOCC5)C(=O)C(C(N)=O)=C(O)C4(O)C(=O)C2=C3O)nn1. The van der Waals surface area contributed by atoms with Gasteiger partial charge in [-0.25, -0.2) is 4.68 Å². The standard InChI is InChI=1S/C28H31N5O8/c1-12(2)16-11-33(31-30-16)17-3-4-18(34)20-14(17)9-13-10-15-22(32-5-7-41-8-6-32)24(36)21(27(29)39)26(38)28(15,40)25(37)19(13)23(20)35/h3-4,11-13,15,22,34-35,38,40H,5-10H2,1-2H3,(H2,29,39). The predicted molar refractivity (Wildman–Crippen MR) is 142 cm³/mol. The van der Waals surface area contributed by atoms with E-state index in [4.69, 9.17) is 10.5 Å². The predicted octanol–water partition coefficient (Wildman–Crippen LogP) is 0.439. The van der Waals surface area contributed by atoms with Crippen LogP contribution in [0.4, 0.5) is 0 Å². The summed E-state index contributed by atoms with van der Waals surface area (Å²) < 4.78 is 6.96. The number of hydrogen-bond acceptors (Lipinski definition) is 11. The maximum Gasteiger partial charge on any atom is 0.255 e. The second kappa shape index (κ2) is 9.50. The minimum absolute atomic E-state index is 0.000885. The molecule has 3 aliphatic carbocycles. The van der Waals surface area contributed by atoms with Gasteiger partial charge in [0.25, 0.3) is 5.91 Å². The van der Waals surface area contributed by atoms with E-state index in [9.17, 15) is 34.8 Å². The van der Waals surface area contributed by atoms with E-state index in [0.29, 0.717) is 37.6 Å². The number of ketones is 2. The number of benzene rings is 1. The summed E-state index contributed by atoms with van der Waals surface area (Å²) in [5.41, 5.74) is 3.52. The average Bonchev–Trinajstić information content (AvgIpc) is 3.42. The quantitative estimate of drug-likeness (QED) is 0.322. The molecule has 41 heavy (non-hydrogen) atoms. The molecule has 216 valence electrons. The maximum atomic E-state index is 14.1. The third-order valence-electron chi connectivity index (χ3n) is 8.81. The first-order chi connectivity index (χ1) is 19.5. The number of morpholine rings is 1. The monoisotopic (exact) mass is 565 g/mol. The number of aromatic nitrogens is 3. The Labute approximate surface area is 234 Å². The van der Waals surface area contributed by atoms with E-state index in [1.54, 1.807) is 21.8 Å². The van der Waals surface area contributed by atoms with Crippen LogP contribution in [0.1, 0.15) is 43.0 Å². The Morgan fingerprint density at radius 3 is 2.51 bits per heavy atom. The number of fused-ring (bicyclic) bond motifs is 3. The molecule has 1 aromatic heterocycles. The van der Waals surface area contributed by atoms with Gasteiger partial charge in [0.1, 0.15) is 22.8 Å². The summed E-state index contributed by atoms with van der Waals surface area (Å²) in [4.78, 5) is 41.8. The van der Waals surface area contributed by atoms with Crippen LogP contribution in [0.2, 0.25) is 0 Å². The summed E-state index contributed by atoms with van der Waals surface area (Å²) in [6.45, 7) is 5.14. The van der Waals surface area contributed by atoms with Crippen molar-refractivity contribution in [1.29, 1.82) is 0 Å². The highest BCUT2D eigenvalue weighted by molar-refractivity contribution is 6.24. The van der Waals surface area contributed by atoms with E-state index in [1.807, 2.05) is 13.8 Å². The molecule has 0 spiro atoms. The number of aromatic hydroxyl groups is 1. The zero-order valence-corrected chi connectivity index (χ0v) is 22.6. The second-order valence-electron chi connectivity index (χ2n) is 11.3. The molecule has 2 fully saturated rings. The Hall–Kier alpha value is -4.07. The number of carbonyl (C=O) groups is 3. The molecule has 1 aliphatic heterocycles. The maximum absolute atomic E-state index is 14.1. The lowest BCUT2D eigenvalue weighted by molar-refractivity contribution is -0.157. The van der Waals surface area contributed by atoms with Gasteiger partial charge in [-0.1, -0.05) is 19.1 Å². The second-order valence-corrected chi connectivity index (χ2v) is 11.3. The summed E-state index contributed by atoms with van der Waals surface area (Å²) in [5.74, 6) is -6.76. The first kappa shape index (κ1) is 27.1. The molecule has 2 heterocycles. The number of rotatable bonds is 4. The van der Waals surface area contributed by atoms with Crippen molar-refractivity contribution in [1.82, 2.24) is 19.9 Å². The summed E-state index contributed by atoms with van der Waals surface area (Å²) in [5, 5.41) is 53.7. The molecular weight excluding hydrogens is 534 g/mol. The highest BCUT2D eigenvalue weighted by Crippen LogP contribution is 2.53. The molecule has 1 saturated carbocycles. The van der Waals surface area contributed by atoms with Gasteiger partial charge in [0.2, 0.25) is 5.78 Å². The molecule has 1 aromatic carbocycles. The van der Waals surface area contributed by atoms with Crippen molar-refractivity contribution in [2.45, 2.75) is 44.2 Å². The topological polar surface area (TPSA) is 201 Å². The molecule has 13 heteroatoms. The number of carbonyl (C=O) groups excluding carboxylic acids is 3. The number of amides is 1. The molecule has 4 atom stereocenters. The van der Waals surface area contributed by atoms with Crippen molar-refractivity contribution in [3.8, 4) is 11.4 Å². The van der Waals surface area contributed by atoms with Gasteiger partial charge in [0.15, 0.2) is 11.4 Å². The third-order valence-corrected chi connectivity index (χ3v) is 8.81. The Kier molecular flexibility index (Phi) is 6.28. The Morgan fingerprint density at radius 1 is 1.17 bits per heavy atom. The Morgan fingerprint density at radius 2 is 1.88 bits per heavy atom. The van der Waals surface area contributed by atoms with Gasteiger partial charge < -0.3 is 30.9 Å². The lowest BCUT2D eigenvalue weighted by Crippen LogP contribution is -2.67. The molecule has 1 saturated heterocycles. The fourth-order valence-electron chi connectivity index (χ4n) is 6.78. The average molecular weight is 566 g/mol. The number of ether oxygens (including phenoxy) is 1. The van der Waals surface area contributed by atoms with Crippen LogP contribution in [-0.4, -0.2) is 95.7 Å². The number of aliphatic hydroxyl groups is 3. The molecular formula is C28H31N5O8. The fourth-order valence-corrected chi connectivity index (χ4v) is 6.78. The molecule has 6 rings (SSSR count). The van der Waals surface area contributed by atoms with Crippen molar-refractivity contribution in [2.24, 2.45) is 17.6 Å². The van der Waals surface area contributed by atoms with E-state index >= 15 is 0 Å². The molecule has 4 aliphatic rings. The van der Waals surface area contributed by atoms with Gasteiger partial charge in [-0.3, -0.25) is 19.3 Å². The third kappa shape index (κ3) is 3.83. The van der Waals surface area contributed by atoms with Crippen LogP contribution in [-0.2, 0) is 25.5 Å². The van der Waals surface area contributed by atoms with Crippen LogP contribution in [0, 0.1) is 11.8 Å². The van der Waals surface area contributed by atoms with Crippen LogP contribution < -0.4 is 5.73 Å². The smallest absolute Gasteiger partial charge is 0.255 e. The van der Waals surface area contributed by atoms with E-state index in [1.165, 1.54) is 6.07 Å². The van der Waals surface area contributed by atoms with Gasteiger partial charge in [-0.05, 0) is 42.4 Å². The number of phenolic OH excluding ortho intramolecular Hbond substituents is 1. The summed E-state index contributed by atoms with van der Waals surface area (Å²) in [6, 6.07) is 1.87. The Bertz CT molecular complexity index is 1550. The number of primary amides is 1. The van der Waals surface area contributed by atoms with E-state index in [-0.39, 0.29) is 35.6 Å². The summed E-state index contributed by atoms with van der Waals surface area (Å²) in [6.07, 6.45) is 1.92. The largest absolute Gasteiger partial charge is 0.508 e. The van der Waals surface area contributed by atoms with Crippen molar-refractivity contribution < 1.29 is 39.5 Å². The van der Waals surface area contributed by atoms with Crippen LogP contribution in [0.25, 0.3) is 11.4 Å². The van der Waals surface area contributed by atoms with E-state index < -0.39 is 58.0 Å². The lowest BCUT2D eigenvalue weighted by atomic mass is 9.57. The minimum Gasteiger partial charge on any atom is -0.508 e. The van der Waals surface area contributed by atoms with Gasteiger partial charge >= 0.3 is 0 Å². The van der Waals surface area contributed by atoms with Gasteiger partial charge in [-0.15, -0.1) is 5.10 Å². The number of hydrogen-bond donors (Lipinski definition) is 5. The van der Waals surface area contributed by atoms with Crippen LogP contribution in [0.3, 0.4) is 0 Å². The van der Waals surface area contributed by atoms with Crippen LogP contribution >= 0.6 is 0 Å². The lowest BCUT2D eigenvalue weighted by Gasteiger charge is -2.51. The van der Waals surface area contributed by atoms with Crippen molar-refractivity contribution in [3.63, 3.8) is 0 Å². The molecule has 0 radical (unpaired) electrons. The highest BCUT2D eigenvalue weighted by atomic mass is 16.5. The normalized spacial score (nSPS) is 28.5. The first-order valence-electron chi connectivity index (χ1n) is 13.5. The highest BCUT2D eigenvalue weighted by Gasteiger charge is 2.64. The van der Waals surface area contributed by atoms with Gasteiger partial charge in [-0.2, -0.15) is 0 Å². The van der Waals surface area contributed by atoms with Crippen LogP contribution in [0.15, 0.2) is 35.2 Å². The van der Waals surface area contributed by atoms with E-state index in [0.717, 1.165) is 5.69 Å². The van der Waals surface area contributed by atoms with Crippen molar-refractivity contribution in [3.05, 3.63) is 52.1 Å². The van der Waals surface area contributed by atoms with Crippen molar-refractivity contribution in [2.75, 3.05) is 26.3 Å². The zero-order chi connectivity index (χ0) is 29.4. The molecule has 4 unspecified atom stereocenters. The number of aliphatic hydroxyl groups excluding tert-OH is 2. The number of nitrogens with zero attached hydrogens (tertiary/aromatic N) is 4.